The van der Waals surface area contributed by atoms with E-state index in [1.165, 1.54) is 12.8 Å². The van der Waals surface area contributed by atoms with Gasteiger partial charge in [0.05, 0.1) is 5.92 Å². The third-order valence-corrected chi connectivity index (χ3v) is 3.35. The van der Waals surface area contributed by atoms with Crippen LogP contribution in [0.15, 0.2) is 0 Å². The number of hydrogen-bond acceptors (Lipinski definition) is 2. The van der Waals surface area contributed by atoms with E-state index in [1.807, 2.05) is 0 Å². The van der Waals surface area contributed by atoms with Gasteiger partial charge >= 0.3 is 0 Å². The lowest BCUT2D eigenvalue weighted by molar-refractivity contribution is -0.137. The van der Waals surface area contributed by atoms with Gasteiger partial charge in [-0.25, -0.2) is 0 Å². The lowest BCUT2D eigenvalue weighted by atomic mass is 10.0. The molecule has 94 valence electrons. The maximum absolute atomic E-state index is 12.1. The quantitative estimate of drug-likeness (QED) is 0.801. The van der Waals surface area contributed by atoms with Crippen LogP contribution in [0, 0.1) is 11.8 Å². The molecule has 1 aliphatic carbocycles. The summed E-state index contributed by atoms with van der Waals surface area (Å²) in [6, 6.07) is 0.580. The number of hydrogen-bond donors (Lipinski definition) is 1. The maximum Gasteiger partial charge on any atom is 0.228 e. The fraction of sp³-hybridized carbons (Fsp3) is 0.917. The van der Waals surface area contributed by atoms with Gasteiger partial charge < -0.3 is 10.2 Å². The minimum absolute atomic E-state index is 0. The zero-order valence-corrected chi connectivity index (χ0v) is 11.1. The molecule has 1 amide bonds. The average molecular weight is 247 g/mol. The van der Waals surface area contributed by atoms with Crippen molar-refractivity contribution < 1.29 is 4.79 Å². The molecule has 0 aromatic rings. The van der Waals surface area contributed by atoms with Gasteiger partial charge in [-0.05, 0) is 25.2 Å². The molecule has 1 saturated heterocycles. The van der Waals surface area contributed by atoms with Crippen LogP contribution in [0.3, 0.4) is 0 Å². The minimum atomic E-state index is 0. The second-order valence-corrected chi connectivity index (χ2v) is 5.30. The Labute approximate surface area is 104 Å². The number of nitrogens with one attached hydrogen (secondary N) is 1. The van der Waals surface area contributed by atoms with Crippen LogP contribution in [-0.4, -0.2) is 36.5 Å². The van der Waals surface area contributed by atoms with E-state index in [2.05, 4.69) is 24.1 Å². The van der Waals surface area contributed by atoms with Crippen molar-refractivity contribution in [1.82, 2.24) is 10.2 Å². The van der Waals surface area contributed by atoms with Crippen LogP contribution in [0.4, 0.5) is 0 Å². The van der Waals surface area contributed by atoms with Crippen molar-refractivity contribution in [2.75, 3.05) is 19.6 Å². The van der Waals surface area contributed by atoms with Gasteiger partial charge in [-0.2, -0.15) is 0 Å². The highest BCUT2D eigenvalue weighted by Crippen LogP contribution is 2.29. The van der Waals surface area contributed by atoms with Gasteiger partial charge in [-0.3, -0.25) is 4.79 Å². The number of halogens is 1. The number of rotatable bonds is 5. The van der Waals surface area contributed by atoms with Crippen LogP contribution < -0.4 is 5.32 Å². The third-order valence-electron chi connectivity index (χ3n) is 3.35. The largest absolute Gasteiger partial charge is 0.339 e. The molecule has 0 aromatic heterocycles. The smallest absolute Gasteiger partial charge is 0.228 e. The number of nitrogens with zero attached hydrogens (tertiary/aromatic N) is 1. The summed E-state index contributed by atoms with van der Waals surface area (Å²) in [5, 5.41) is 3.17. The summed E-state index contributed by atoms with van der Waals surface area (Å²) in [4.78, 5) is 14.2. The second-order valence-electron chi connectivity index (χ2n) is 5.30. The topological polar surface area (TPSA) is 32.3 Å². The van der Waals surface area contributed by atoms with Crippen LogP contribution in [0.1, 0.15) is 33.1 Å². The predicted molar refractivity (Wildman–Crippen MR) is 67.8 cm³/mol. The van der Waals surface area contributed by atoms with Crippen molar-refractivity contribution in [3.8, 4) is 0 Å². The van der Waals surface area contributed by atoms with E-state index in [-0.39, 0.29) is 18.3 Å². The van der Waals surface area contributed by atoms with Crippen molar-refractivity contribution >= 4 is 18.3 Å². The molecule has 1 N–H and O–H groups in total. The normalized spacial score (nSPS) is 20.2. The first kappa shape index (κ1) is 13.8. The van der Waals surface area contributed by atoms with Gasteiger partial charge in [0.15, 0.2) is 0 Å². The first-order valence-electron chi connectivity index (χ1n) is 6.19. The Morgan fingerprint density at radius 3 is 2.38 bits per heavy atom. The van der Waals surface area contributed by atoms with E-state index in [4.69, 9.17) is 0 Å². The lowest BCUT2D eigenvalue weighted by Gasteiger charge is -2.33. The molecule has 0 bridgehead atoms. The summed E-state index contributed by atoms with van der Waals surface area (Å²) in [5.41, 5.74) is 0. The molecule has 1 heterocycles. The first-order valence-corrected chi connectivity index (χ1v) is 6.19. The van der Waals surface area contributed by atoms with Gasteiger partial charge in [0.25, 0.3) is 0 Å². The SMILES string of the molecule is CC(C)CCN(C(=O)C1CNC1)C1CC1.Cl. The minimum Gasteiger partial charge on any atom is -0.339 e. The van der Waals surface area contributed by atoms with Gasteiger partial charge in [-0.1, -0.05) is 13.8 Å². The van der Waals surface area contributed by atoms with Gasteiger partial charge in [-0.15, -0.1) is 12.4 Å². The van der Waals surface area contributed by atoms with Gasteiger partial charge in [0.1, 0.15) is 0 Å². The molecular weight excluding hydrogens is 224 g/mol. The Balaban J connectivity index is 0.00000128. The fourth-order valence-corrected chi connectivity index (χ4v) is 1.95. The van der Waals surface area contributed by atoms with Gasteiger partial charge in [0, 0.05) is 25.7 Å². The standard InChI is InChI=1S/C12H22N2O.ClH/c1-9(2)5-6-14(11-3-4-11)12(15)10-7-13-8-10;/h9-11,13H,3-8H2,1-2H3;1H. The summed E-state index contributed by atoms with van der Waals surface area (Å²) in [7, 11) is 0. The van der Waals surface area contributed by atoms with Gasteiger partial charge in [0.2, 0.25) is 5.91 Å². The predicted octanol–water partition coefficient (Wildman–Crippen LogP) is 1.66. The summed E-state index contributed by atoms with van der Waals surface area (Å²) < 4.78 is 0. The second kappa shape index (κ2) is 5.87. The van der Waals surface area contributed by atoms with Crippen LogP contribution >= 0.6 is 12.4 Å². The molecule has 0 spiro atoms. The molecule has 2 fully saturated rings. The van der Waals surface area contributed by atoms with E-state index in [1.54, 1.807) is 0 Å². The molecule has 0 radical (unpaired) electrons. The van der Waals surface area contributed by atoms with E-state index in [9.17, 15) is 4.79 Å². The molecule has 0 unspecified atom stereocenters. The molecule has 4 heteroatoms. The number of carbonyl (C=O) groups excluding carboxylic acids is 1. The molecule has 2 aliphatic rings. The summed E-state index contributed by atoms with van der Waals surface area (Å²) in [5.74, 6) is 1.37. The Morgan fingerprint density at radius 2 is 2.00 bits per heavy atom. The van der Waals surface area contributed by atoms with E-state index >= 15 is 0 Å². The zero-order chi connectivity index (χ0) is 10.8. The van der Waals surface area contributed by atoms with Crippen molar-refractivity contribution in [3.63, 3.8) is 0 Å². The first-order chi connectivity index (χ1) is 7.18. The Hall–Kier alpha value is -0.280. The third kappa shape index (κ3) is 3.36. The van der Waals surface area contributed by atoms with E-state index in [0.717, 1.165) is 26.1 Å². The highest BCUT2D eigenvalue weighted by atomic mass is 35.5. The molecule has 2 rings (SSSR count). The maximum atomic E-state index is 12.1. The van der Waals surface area contributed by atoms with Crippen LogP contribution in [0.5, 0.6) is 0 Å². The molecule has 0 atom stereocenters. The Kier molecular flexibility index (Phi) is 5.06. The monoisotopic (exact) mass is 246 g/mol. The molecule has 3 nitrogen and oxygen atoms in total. The molecule has 0 aromatic carbocycles. The molecule has 16 heavy (non-hydrogen) atoms. The van der Waals surface area contributed by atoms with E-state index in [0.29, 0.717) is 17.9 Å². The Bertz CT molecular complexity index is 237. The average Bonchev–Trinajstić information content (AvgIpc) is 2.84. The summed E-state index contributed by atoms with van der Waals surface area (Å²) >= 11 is 0. The Morgan fingerprint density at radius 1 is 1.38 bits per heavy atom. The van der Waals surface area contributed by atoms with Crippen LogP contribution in [0.25, 0.3) is 0 Å². The number of carbonyl (C=O) groups is 1. The molecule has 1 saturated carbocycles. The summed E-state index contributed by atoms with van der Waals surface area (Å²) in [6.07, 6.45) is 3.59. The fourth-order valence-electron chi connectivity index (χ4n) is 1.95. The van der Waals surface area contributed by atoms with Crippen LogP contribution in [-0.2, 0) is 4.79 Å². The van der Waals surface area contributed by atoms with Crippen molar-refractivity contribution in [3.05, 3.63) is 0 Å². The zero-order valence-electron chi connectivity index (χ0n) is 10.2. The summed E-state index contributed by atoms with van der Waals surface area (Å²) in [6.45, 7) is 7.20. The number of amides is 1. The van der Waals surface area contributed by atoms with Crippen LogP contribution in [0.2, 0.25) is 0 Å². The van der Waals surface area contributed by atoms with Crippen molar-refractivity contribution in [2.45, 2.75) is 39.2 Å². The molecular formula is C12H23ClN2O. The lowest BCUT2D eigenvalue weighted by Crippen LogP contribution is -2.52. The highest BCUT2D eigenvalue weighted by molar-refractivity contribution is 5.85. The highest BCUT2D eigenvalue weighted by Gasteiger charge is 2.37. The van der Waals surface area contributed by atoms with Crippen molar-refractivity contribution in [2.24, 2.45) is 11.8 Å². The van der Waals surface area contributed by atoms with E-state index < -0.39 is 0 Å². The van der Waals surface area contributed by atoms with Crippen molar-refractivity contribution in [1.29, 1.82) is 0 Å². The molecule has 1 aliphatic heterocycles.